The Morgan fingerprint density at radius 3 is 3.38 bits per heavy atom. The summed E-state index contributed by atoms with van der Waals surface area (Å²) in [6.07, 6.45) is -0.575. The van der Waals surface area contributed by atoms with Crippen molar-refractivity contribution in [1.82, 2.24) is 10.3 Å². The summed E-state index contributed by atoms with van der Waals surface area (Å²) < 4.78 is 35.2. The molecular formula is C10H14N2O. The second kappa shape index (κ2) is 3.85. The summed E-state index contributed by atoms with van der Waals surface area (Å²) in [7, 11) is 0. The summed E-state index contributed by atoms with van der Waals surface area (Å²) >= 11 is 0. The lowest BCUT2D eigenvalue weighted by atomic mass is 10.2. The van der Waals surface area contributed by atoms with E-state index in [4.69, 9.17) is 10.2 Å². The Bertz CT molecular complexity index is 425. The second-order valence-electron chi connectivity index (χ2n) is 2.92. The van der Waals surface area contributed by atoms with Crippen LogP contribution < -0.4 is 5.32 Å². The number of aryl methyl sites for hydroxylation is 1. The second-order valence-corrected chi connectivity index (χ2v) is 2.92. The maximum Gasteiger partial charge on any atom is 0.112 e. The average molecular weight is 182 g/mol. The van der Waals surface area contributed by atoms with E-state index in [9.17, 15) is 0 Å². The van der Waals surface area contributed by atoms with Crippen molar-refractivity contribution >= 4 is 0 Å². The van der Waals surface area contributed by atoms with E-state index in [0.29, 0.717) is 5.69 Å². The summed E-state index contributed by atoms with van der Waals surface area (Å²) in [5, 5.41) is 2.51. The first kappa shape index (κ1) is 5.08. The normalized spacial score (nSPS) is 35.3. The van der Waals surface area contributed by atoms with Gasteiger partial charge in [0.25, 0.3) is 0 Å². The molecule has 0 unspecified atom stereocenters. The van der Waals surface area contributed by atoms with Gasteiger partial charge in [-0.1, -0.05) is 6.07 Å². The lowest BCUT2D eigenvalue weighted by molar-refractivity contribution is 0.0249. The van der Waals surface area contributed by atoms with Crippen LogP contribution in [0.2, 0.25) is 0 Å². The van der Waals surface area contributed by atoms with Crippen molar-refractivity contribution in [1.29, 1.82) is 0 Å². The van der Waals surface area contributed by atoms with Crippen LogP contribution in [0.1, 0.15) is 23.0 Å². The van der Waals surface area contributed by atoms with E-state index in [1.165, 1.54) is 0 Å². The van der Waals surface area contributed by atoms with Gasteiger partial charge in [-0.15, -0.1) is 0 Å². The van der Waals surface area contributed by atoms with E-state index in [1.807, 2.05) is 19.1 Å². The number of aromatic nitrogens is 1. The van der Waals surface area contributed by atoms with Gasteiger partial charge in [0.15, 0.2) is 0 Å². The topological polar surface area (TPSA) is 34.2 Å². The van der Waals surface area contributed by atoms with Crippen LogP contribution in [-0.2, 0) is 4.74 Å². The molecule has 2 heterocycles. The van der Waals surface area contributed by atoms with E-state index < -0.39 is 19.2 Å². The molecule has 0 amide bonds. The molecule has 0 radical (unpaired) electrons. The van der Waals surface area contributed by atoms with Crippen molar-refractivity contribution in [3.05, 3.63) is 29.6 Å². The first-order valence-corrected chi connectivity index (χ1v) is 4.18. The van der Waals surface area contributed by atoms with Crippen molar-refractivity contribution in [3.63, 3.8) is 0 Å². The standard InChI is InChI=1S/C10H14N2O/c1-8-3-2-4-9(12-8)10-7-11-5-6-13-10/h2-4,10-11H,5-7H2,1H3/t10-/m0/s1/i5D2,6D2. The number of hydrogen-bond donors (Lipinski definition) is 1. The van der Waals surface area contributed by atoms with Gasteiger partial charge in [0.2, 0.25) is 0 Å². The first-order chi connectivity index (χ1) is 7.82. The number of nitrogens with zero attached hydrogens (tertiary/aromatic N) is 1. The SMILES string of the molecule is [2H]C1([2H])NC[C@@H](c2cccc(C)n2)OC1([2H])[2H]. The van der Waals surface area contributed by atoms with E-state index in [1.54, 1.807) is 6.07 Å². The third kappa shape index (κ3) is 2.05. The Morgan fingerprint density at radius 2 is 2.62 bits per heavy atom. The van der Waals surface area contributed by atoms with Crippen LogP contribution in [-0.4, -0.2) is 24.6 Å². The minimum Gasteiger partial charge on any atom is -0.369 e. The molecule has 1 aliphatic heterocycles. The van der Waals surface area contributed by atoms with Crippen LogP contribution in [0.15, 0.2) is 18.2 Å². The predicted octanol–water partition coefficient (Wildman–Crippen LogP) is 1.05. The maximum atomic E-state index is 7.54. The van der Waals surface area contributed by atoms with Gasteiger partial charge in [-0.25, -0.2) is 0 Å². The van der Waals surface area contributed by atoms with Gasteiger partial charge in [-0.05, 0) is 19.1 Å². The summed E-state index contributed by atoms with van der Waals surface area (Å²) in [6.45, 7) is -2.52. The summed E-state index contributed by atoms with van der Waals surface area (Å²) in [4.78, 5) is 4.26. The lowest BCUT2D eigenvalue weighted by Crippen LogP contribution is -2.33. The van der Waals surface area contributed by atoms with Gasteiger partial charge in [-0.2, -0.15) is 0 Å². The maximum absolute atomic E-state index is 7.54. The molecule has 0 spiro atoms. The van der Waals surface area contributed by atoms with Gasteiger partial charge >= 0.3 is 0 Å². The molecule has 1 atom stereocenters. The minimum atomic E-state index is -2.37. The molecule has 3 heteroatoms. The highest BCUT2D eigenvalue weighted by molar-refractivity contribution is 5.12. The first-order valence-electron chi connectivity index (χ1n) is 6.18. The van der Waals surface area contributed by atoms with Gasteiger partial charge in [0.1, 0.15) is 6.10 Å². The van der Waals surface area contributed by atoms with Gasteiger partial charge in [0.05, 0.1) is 15.0 Å². The Balaban J connectivity index is 2.21. The number of rotatable bonds is 1. The number of morpholine rings is 1. The molecule has 13 heavy (non-hydrogen) atoms. The molecule has 0 bridgehead atoms. The zero-order valence-electron chi connectivity index (χ0n) is 11.4. The summed E-state index contributed by atoms with van der Waals surface area (Å²) in [5.41, 5.74) is 1.43. The van der Waals surface area contributed by atoms with Crippen LogP contribution in [0.3, 0.4) is 0 Å². The predicted molar refractivity (Wildman–Crippen MR) is 50.5 cm³/mol. The molecule has 1 saturated heterocycles. The Hall–Kier alpha value is -0.930. The van der Waals surface area contributed by atoms with Gasteiger partial charge in [0, 0.05) is 21.5 Å². The minimum absolute atomic E-state index is 0.197. The molecule has 1 aromatic heterocycles. The molecule has 1 aromatic rings. The summed E-state index contributed by atoms with van der Waals surface area (Å²) in [5.74, 6) is 0. The molecule has 70 valence electrons. The fourth-order valence-corrected chi connectivity index (χ4v) is 1.23. The monoisotopic (exact) mass is 182 g/mol. The van der Waals surface area contributed by atoms with Crippen LogP contribution in [0.4, 0.5) is 0 Å². The zero-order valence-corrected chi connectivity index (χ0v) is 7.37. The van der Waals surface area contributed by atoms with E-state index in [2.05, 4.69) is 10.3 Å². The molecule has 0 aromatic carbocycles. The third-order valence-corrected chi connectivity index (χ3v) is 1.87. The molecule has 3 nitrogen and oxygen atoms in total. The lowest BCUT2D eigenvalue weighted by Gasteiger charge is -2.23. The van der Waals surface area contributed by atoms with E-state index >= 15 is 0 Å². The Kier molecular flexibility index (Phi) is 1.50. The molecule has 1 fully saturated rings. The quantitative estimate of drug-likeness (QED) is 0.705. The van der Waals surface area contributed by atoms with Crippen molar-refractivity contribution in [3.8, 4) is 0 Å². The third-order valence-electron chi connectivity index (χ3n) is 1.87. The van der Waals surface area contributed by atoms with Crippen LogP contribution in [0, 0.1) is 6.92 Å². The van der Waals surface area contributed by atoms with E-state index in [0.717, 1.165) is 5.69 Å². The largest absolute Gasteiger partial charge is 0.369 e. The highest BCUT2D eigenvalue weighted by Gasteiger charge is 2.16. The van der Waals surface area contributed by atoms with Crippen LogP contribution in [0.5, 0.6) is 0 Å². The molecular weight excluding hydrogens is 164 g/mol. The van der Waals surface area contributed by atoms with Crippen LogP contribution >= 0.6 is 0 Å². The van der Waals surface area contributed by atoms with Crippen molar-refractivity contribution in [2.45, 2.75) is 13.0 Å². The average Bonchev–Trinajstić information content (AvgIpc) is 2.22. The fraction of sp³-hybridized carbons (Fsp3) is 0.500. The Labute approximate surface area is 83.8 Å². The number of pyridine rings is 1. The van der Waals surface area contributed by atoms with Crippen LogP contribution in [0.25, 0.3) is 0 Å². The number of hydrogen-bond acceptors (Lipinski definition) is 3. The number of nitrogens with one attached hydrogen (secondary N) is 1. The van der Waals surface area contributed by atoms with Crippen molar-refractivity contribution < 1.29 is 10.2 Å². The van der Waals surface area contributed by atoms with E-state index in [-0.39, 0.29) is 6.54 Å². The van der Waals surface area contributed by atoms with Gasteiger partial charge < -0.3 is 10.1 Å². The van der Waals surface area contributed by atoms with Crippen molar-refractivity contribution in [2.75, 3.05) is 19.6 Å². The smallest absolute Gasteiger partial charge is 0.112 e. The molecule has 0 aliphatic carbocycles. The summed E-state index contributed by atoms with van der Waals surface area (Å²) in [6, 6.07) is 5.41. The zero-order chi connectivity index (χ0) is 12.7. The molecule has 1 N–H and O–H groups in total. The molecule has 2 rings (SSSR count). The number of ether oxygens (including phenoxy) is 1. The molecule has 0 saturated carbocycles. The fourth-order valence-electron chi connectivity index (χ4n) is 1.23. The van der Waals surface area contributed by atoms with Crippen molar-refractivity contribution in [2.24, 2.45) is 0 Å². The molecule has 1 aliphatic rings. The highest BCUT2D eigenvalue weighted by Crippen LogP contribution is 2.16. The van der Waals surface area contributed by atoms with Gasteiger partial charge in [-0.3, -0.25) is 4.98 Å². The highest BCUT2D eigenvalue weighted by atomic mass is 16.5. The Morgan fingerprint density at radius 1 is 1.69 bits per heavy atom.